The van der Waals surface area contributed by atoms with Gasteiger partial charge in [0.1, 0.15) is 17.1 Å². The summed E-state index contributed by atoms with van der Waals surface area (Å²) >= 11 is 0. The van der Waals surface area contributed by atoms with Crippen molar-refractivity contribution >= 4 is 11.6 Å². The first-order valence-electron chi connectivity index (χ1n) is 9.23. The van der Waals surface area contributed by atoms with Crippen molar-refractivity contribution in [2.24, 2.45) is 0 Å². The number of methoxy groups -OCH3 is 1. The smallest absolute Gasteiger partial charge is 0.271 e. The molecule has 0 atom stereocenters. The quantitative estimate of drug-likeness (QED) is 0.568. The molecule has 146 valence electrons. The molecule has 0 saturated carbocycles. The molecule has 4 aromatic rings. The molecule has 29 heavy (non-hydrogen) atoms. The molecular weight excluding hydrogens is 366 g/mol. The molecule has 4 heterocycles. The normalized spacial score (nSPS) is 10.9. The lowest BCUT2D eigenvalue weighted by Crippen LogP contribution is -2.23. The van der Waals surface area contributed by atoms with E-state index in [9.17, 15) is 4.79 Å². The van der Waals surface area contributed by atoms with E-state index in [0.29, 0.717) is 23.6 Å². The zero-order chi connectivity index (χ0) is 20.4. The molecule has 7 nitrogen and oxygen atoms in total. The summed E-state index contributed by atoms with van der Waals surface area (Å²) in [6.07, 6.45) is 7.07. The molecule has 0 saturated heterocycles. The van der Waals surface area contributed by atoms with E-state index < -0.39 is 0 Å². The number of imidazole rings is 1. The number of nitrogens with zero attached hydrogens (tertiary/aromatic N) is 4. The Kier molecular flexibility index (Phi) is 4.95. The van der Waals surface area contributed by atoms with E-state index in [4.69, 9.17) is 4.74 Å². The van der Waals surface area contributed by atoms with Gasteiger partial charge in [-0.1, -0.05) is 6.07 Å². The van der Waals surface area contributed by atoms with Gasteiger partial charge in [-0.15, -0.1) is 0 Å². The second-order valence-corrected chi connectivity index (χ2v) is 6.84. The van der Waals surface area contributed by atoms with Crippen LogP contribution in [-0.4, -0.2) is 32.4 Å². The van der Waals surface area contributed by atoms with Crippen LogP contribution in [0.25, 0.3) is 16.9 Å². The number of aryl methyl sites for hydroxylation is 2. The molecule has 4 aromatic heterocycles. The molecule has 0 radical (unpaired) electrons. The Hall–Kier alpha value is -3.74. The van der Waals surface area contributed by atoms with Crippen LogP contribution >= 0.6 is 0 Å². The zero-order valence-corrected chi connectivity index (χ0v) is 16.5. The minimum absolute atomic E-state index is 0.237. The maximum absolute atomic E-state index is 12.5. The zero-order valence-electron chi connectivity index (χ0n) is 16.5. The molecule has 1 amide bonds. The molecule has 0 aliphatic rings. The minimum Gasteiger partial charge on any atom is -0.497 e. The molecule has 0 spiro atoms. The van der Waals surface area contributed by atoms with Gasteiger partial charge in [0, 0.05) is 48.7 Å². The van der Waals surface area contributed by atoms with Gasteiger partial charge in [0.25, 0.3) is 5.91 Å². The van der Waals surface area contributed by atoms with E-state index in [0.717, 1.165) is 28.1 Å². The molecule has 0 aliphatic heterocycles. The third-order valence-corrected chi connectivity index (χ3v) is 4.66. The maximum atomic E-state index is 12.5. The molecule has 1 N–H and O–H groups in total. The summed E-state index contributed by atoms with van der Waals surface area (Å²) in [5.74, 6) is 0.459. The second-order valence-electron chi connectivity index (χ2n) is 6.84. The van der Waals surface area contributed by atoms with Crippen molar-refractivity contribution in [1.82, 2.24) is 24.7 Å². The van der Waals surface area contributed by atoms with Crippen LogP contribution in [0.3, 0.4) is 0 Å². The van der Waals surface area contributed by atoms with E-state index in [2.05, 4.69) is 20.3 Å². The average Bonchev–Trinajstić information content (AvgIpc) is 3.15. The van der Waals surface area contributed by atoms with Crippen molar-refractivity contribution in [3.63, 3.8) is 0 Å². The highest BCUT2D eigenvalue weighted by atomic mass is 16.5. The van der Waals surface area contributed by atoms with E-state index in [1.807, 2.05) is 44.3 Å². The fraction of sp³-hybridized carbons (Fsp3) is 0.182. The van der Waals surface area contributed by atoms with Crippen LogP contribution in [0.2, 0.25) is 0 Å². The van der Waals surface area contributed by atoms with E-state index >= 15 is 0 Å². The van der Waals surface area contributed by atoms with Gasteiger partial charge in [-0.2, -0.15) is 0 Å². The number of nitrogens with one attached hydrogen (secondary N) is 1. The van der Waals surface area contributed by atoms with E-state index in [1.54, 1.807) is 36.2 Å². The molecule has 0 aliphatic carbocycles. The van der Waals surface area contributed by atoms with Gasteiger partial charge in [0.2, 0.25) is 0 Å². The second kappa shape index (κ2) is 7.71. The predicted octanol–water partition coefficient (Wildman–Crippen LogP) is 3.35. The van der Waals surface area contributed by atoms with Gasteiger partial charge in [-0.05, 0) is 43.2 Å². The number of aromatic nitrogens is 4. The van der Waals surface area contributed by atoms with Crippen molar-refractivity contribution in [3.8, 4) is 17.0 Å². The Labute approximate surface area is 168 Å². The Morgan fingerprint density at radius 3 is 2.79 bits per heavy atom. The Morgan fingerprint density at radius 1 is 1.17 bits per heavy atom. The summed E-state index contributed by atoms with van der Waals surface area (Å²) in [5.41, 5.74) is 5.88. The van der Waals surface area contributed by atoms with Gasteiger partial charge < -0.3 is 14.5 Å². The highest BCUT2D eigenvalue weighted by molar-refractivity contribution is 5.92. The predicted molar refractivity (Wildman–Crippen MR) is 110 cm³/mol. The van der Waals surface area contributed by atoms with Crippen LogP contribution in [0, 0.1) is 13.8 Å². The Bertz CT molecular complexity index is 1200. The topological polar surface area (TPSA) is 81.4 Å². The first kappa shape index (κ1) is 18.6. The fourth-order valence-corrected chi connectivity index (χ4v) is 3.20. The van der Waals surface area contributed by atoms with Gasteiger partial charge in [0.15, 0.2) is 0 Å². The summed E-state index contributed by atoms with van der Waals surface area (Å²) in [5, 5.41) is 2.90. The third kappa shape index (κ3) is 3.94. The van der Waals surface area contributed by atoms with Crippen LogP contribution in [0.5, 0.6) is 5.75 Å². The summed E-state index contributed by atoms with van der Waals surface area (Å²) in [4.78, 5) is 25.7. The van der Waals surface area contributed by atoms with E-state index in [-0.39, 0.29) is 5.91 Å². The Balaban J connectivity index is 1.47. The van der Waals surface area contributed by atoms with E-state index in [1.165, 1.54) is 0 Å². The number of ether oxygens (including phenoxy) is 1. The molecule has 4 rings (SSSR count). The SMILES string of the molecule is COc1ccn2cc(C(=O)NCc3cnc(-c4ccnc(C)c4)c(C)c3)nc2c1. The molecule has 0 bridgehead atoms. The lowest BCUT2D eigenvalue weighted by molar-refractivity contribution is 0.0946. The van der Waals surface area contributed by atoms with Crippen LogP contribution < -0.4 is 10.1 Å². The monoisotopic (exact) mass is 387 g/mol. The van der Waals surface area contributed by atoms with Gasteiger partial charge in [-0.25, -0.2) is 4.98 Å². The maximum Gasteiger partial charge on any atom is 0.271 e. The summed E-state index contributed by atoms with van der Waals surface area (Å²) in [6.45, 7) is 4.34. The van der Waals surface area contributed by atoms with Crippen molar-refractivity contribution in [3.05, 3.63) is 77.6 Å². The van der Waals surface area contributed by atoms with Crippen molar-refractivity contribution in [2.45, 2.75) is 20.4 Å². The number of rotatable bonds is 5. The van der Waals surface area contributed by atoms with Crippen molar-refractivity contribution in [1.29, 1.82) is 0 Å². The minimum atomic E-state index is -0.237. The molecule has 0 aromatic carbocycles. The van der Waals surface area contributed by atoms with Crippen LogP contribution in [0.15, 0.2) is 55.1 Å². The van der Waals surface area contributed by atoms with Crippen molar-refractivity contribution in [2.75, 3.05) is 7.11 Å². The van der Waals surface area contributed by atoms with Gasteiger partial charge in [-0.3, -0.25) is 14.8 Å². The van der Waals surface area contributed by atoms with Gasteiger partial charge >= 0.3 is 0 Å². The summed E-state index contributed by atoms with van der Waals surface area (Å²) < 4.78 is 6.98. The first-order chi connectivity index (χ1) is 14.0. The number of pyridine rings is 3. The highest BCUT2D eigenvalue weighted by Gasteiger charge is 2.12. The first-order valence-corrected chi connectivity index (χ1v) is 9.23. The fourth-order valence-electron chi connectivity index (χ4n) is 3.20. The number of fused-ring (bicyclic) bond motifs is 1. The number of hydrogen-bond donors (Lipinski definition) is 1. The highest BCUT2D eigenvalue weighted by Crippen LogP contribution is 2.22. The van der Waals surface area contributed by atoms with Crippen LogP contribution in [-0.2, 0) is 6.54 Å². The van der Waals surface area contributed by atoms with Gasteiger partial charge in [0.05, 0.1) is 12.8 Å². The lowest BCUT2D eigenvalue weighted by atomic mass is 10.1. The number of amides is 1. The third-order valence-electron chi connectivity index (χ3n) is 4.66. The summed E-state index contributed by atoms with van der Waals surface area (Å²) in [7, 11) is 1.60. The molecule has 0 unspecified atom stereocenters. The average molecular weight is 387 g/mol. The number of carbonyl (C=O) groups is 1. The van der Waals surface area contributed by atoms with Crippen LogP contribution in [0.1, 0.15) is 27.3 Å². The molecule has 0 fully saturated rings. The lowest BCUT2D eigenvalue weighted by Gasteiger charge is -2.09. The number of carbonyl (C=O) groups excluding carboxylic acids is 1. The Morgan fingerprint density at radius 2 is 2.03 bits per heavy atom. The number of hydrogen-bond acceptors (Lipinski definition) is 5. The standard InChI is InChI=1S/C22H21N5O2/c1-14-8-16(11-24-21(14)17-4-6-23-15(2)9-17)12-25-22(28)19-13-27-7-5-18(29-3)10-20(27)26-19/h4-11,13H,12H2,1-3H3,(H,25,28). The largest absolute Gasteiger partial charge is 0.497 e. The van der Waals surface area contributed by atoms with Crippen molar-refractivity contribution < 1.29 is 9.53 Å². The van der Waals surface area contributed by atoms with Crippen LogP contribution in [0.4, 0.5) is 0 Å². The molecular formula is C22H21N5O2. The molecule has 7 heteroatoms. The summed E-state index contributed by atoms with van der Waals surface area (Å²) in [6, 6.07) is 9.59.